The van der Waals surface area contributed by atoms with E-state index < -0.39 is 11.4 Å². The van der Waals surface area contributed by atoms with Gasteiger partial charge in [0.05, 0.1) is 11.3 Å². The van der Waals surface area contributed by atoms with Crippen LogP contribution in [0.15, 0.2) is 0 Å². The Kier molecular flexibility index (Phi) is 4.45. The van der Waals surface area contributed by atoms with Gasteiger partial charge in [-0.3, -0.25) is 9.59 Å². The van der Waals surface area contributed by atoms with Crippen LogP contribution in [-0.2, 0) is 9.59 Å². The van der Waals surface area contributed by atoms with Crippen LogP contribution in [-0.4, -0.2) is 36.6 Å². The normalized spacial score (nSPS) is 29.9. The van der Waals surface area contributed by atoms with Crippen molar-refractivity contribution in [3.05, 3.63) is 0 Å². The highest BCUT2D eigenvalue weighted by atomic mass is 16.4. The second kappa shape index (κ2) is 5.90. The fourth-order valence-corrected chi connectivity index (χ4v) is 3.24. The topological polar surface area (TPSA) is 78.4 Å². The van der Waals surface area contributed by atoms with Gasteiger partial charge in [-0.2, -0.15) is 0 Å². The van der Waals surface area contributed by atoms with Gasteiger partial charge in [0.25, 0.3) is 0 Å². The van der Waals surface area contributed by atoms with Gasteiger partial charge in [-0.1, -0.05) is 26.2 Å². The Morgan fingerprint density at radius 2 is 1.95 bits per heavy atom. The van der Waals surface area contributed by atoms with E-state index in [0.717, 1.165) is 25.8 Å². The van der Waals surface area contributed by atoms with Crippen molar-refractivity contribution in [2.75, 3.05) is 19.6 Å². The van der Waals surface area contributed by atoms with Crippen LogP contribution in [0, 0.1) is 17.3 Å². The monoisotopic (exact) mass is 268 g/mol. The third-order valence-corrected chi connectivity index (χ3v) is 4.72. The van der Waals surface area contributed by atoms with E-state index in [1.165, 1.54) is 0 Å². The zero-order chi connectivity index (χ0) is 13.9. The molecular formula is C14H24N2O3. The van der Waals surface area contributed by atoms with Gasteiger partial charge in [0, 0.05) is 13.1 Å². The molecule has 1 heterocycles. The summed E-state index contributed by atoms with van der Waals surface area (Å²) < 4.78 is 0. The maximum atomic E-state index is 12.1. The molecule has 19 heavy (non-hydrogen) atoms. The molecule has 1 saturated heterocycles. The minimum atomic E-state index is -0.759. The van der Waals surface area contributed by atoms with E-state index in [1.807, 2.05) is 0 Å². The minimum absolute atomic E-state index is 0.00342. The smallest absolute Gasteiger partial charge is 0.311 e. The van der Waals surface area contributed by atoms with Gasteiger partial charge in [0.1, 0.15) is 0 Å². The molecule has 2 aliphatic rings. The molecule has 0 aromatic rings. The van der Waals surface area contributed by atoms with Gasteiger partial charge in [0.15, 0.2) is 0 Å². The molecule has 0 radical (unpaired) electrons. The Bertz CT molecular complexity index is 351. The number of amides is 1. The van der Waals surface area contributed by atoms with Crippen molar-refractivity contribution in [1.82, 2.24) is 10.6 Å². The lowest BCUT2D eigenvalue weighted by molar-refractivity contribution is -0.151. The lowest BCUT2D eigenvalue weighted by Gasteiger charge is -2.33. The Labute approximate surface area is 114 Å². The van der Waals surface area contributed by atoms with Crippen LogP contribution >= 0.6 is 0 Å². The molecule has 2 atom stereocenters. The molecule has 1 saturated carbocycles. The van der Waals surface area contributed by atoms with Gasteiger partial charge >= 0.3 is 5.97 Å². The third kappa shape index (κ3) is 3.08. The number of hydrogen-bond donors (Lipinski definition) is 3. The van der Waals surface area contributed by atoms with Gasteiger partial charge in [-0.25, -0.2) is 0 Å². The van der Waals surface area contributed by atoms with Crippen molar-refractivity contribution in [2.45, 2.75) is 39.0 Å². The molecule has 1 aliphatic carbocycles. The van der Waals surface area contributed by atoms with E-state index in [2.05, 4.69) is 17.6 Å². The van der Waals surface area contributed by atoms with Crippen molar-refractivity contribution < 1.29 is 14.7 Å². The quantitative estimate of drug-likeness (QED) is 0.710. The van der Waals surface area contributed by atoms with Crippen molar-refractivity contribution in [1.29, 1.82) is 0 Å². The summed E-state index contributed by atoms with van der Waals surface area (Å²) in [5, 5.41) is 15.5. The second-order valence-corrected chi connectivity index (χ2v) is 6.11. The maximum absolute atomic E-state index is 12.1. The molecule has 0 bridgehead atoms. The van der Waals surface area contributed by atoms with Crippen LogP contribution in [0.5, 0.6) is 0 Å². The van der Waals surface area contributed by atoms with Crippen LogP contribution in [0.25, 0.3) is 0 Å². The summed E-state index contributed by atoms with van der Waals surface area (Å²) in [6.45, 7) is 3.90. The summed E-state index contributed by atoms with van der Waals surface area (Å²) in [4.78, 5) is 23.6. The zero-order valence-corrected chi connectivity index (χ0v) is 11.6. The molecule has 1 aliphatic heterocycles. The highest BCUT2D eigenvalue weighted by Crippen LogP contribution is 2.36. The second-order valence-electron chi connectivity index (χ2n) is 6.11. The van der Waals surface area contributed by atoms with Crippen molar-refractivity contribution in [3.63, 3.8) is 0 Å². The largest absolute Gasteiger partial charge is 0.481 e. The summed E-state index contributed by atoms with van der Waals surface area (Å²) >= 11 is 0. The fraction of sp³-hybridized carbons (Fsp3) is 0.857. The van der Waals surface area contributed by atoms with Gasteiger partial charge in [-0.15, -0.1) is 0 Å². The third-order valence-electron chi connectivity index (χ3n) is 4.72. The van der Waals surface area contributed by atoms with Gasteiger partial charge < -0.3 is 15.7 Å². The lowest BCUT2D eigenvalue weighted by atomic mass is 9.74. The molecule has 108 valence electrons. The maximum Gasteiger partial charge on any atom is 0.311 e. The van der Waals surface area contributed by atoms with E-state index in [1.54, 1.807) is 0 Å². The SMILES string of the molecule is CC1CNCC1C(=O)NCC1(C(=O)O)CCCCC1. The molecule has 5 nitrogen and oxygen atoms in total. The van der Waals surface area contributed by atoms with E-state index in [0.29, 0.717) is 25.3 Å². The first-order valence-electron chi connectivity index (χ1n) is 7.27. The van der Waals surface area contributed by atoms with Crippen LogP contribution in [0.2, 0.25) is 0 Å². The molecule has 1 amide bonds. The first-order valence-corrected chi connectivity index (χ1v) is 7.27. The predicted octanol–water partition coefficient (Wildman–Crippen LogP) is 0.993. The van der Waals surface area contributed by atoms with Crippen LogP contribution in [0.3, 0.4) is 0 Å². The summed E-state index contributed by atoms with van der Waals surface area (Å²) in [5.41, 5.74) is -0.733. The number of carbonyl (C=O) groups excluding carboxylic acids is 1. The number of rotatable bonds is 4. The fourth-order valence-electron chi connectivity index (χ4n) is 3.24. The highest BCUT2D eigenvalue weighted by Gasteiger charge is 2.40. The molecule has 0 aromatic carbocycles. The Morgan fingerprint density at radius 3 is 2.47 bits per heavy atom. The Morgan fingerprint density at radius 1 is 1.26 bits per heavy atom. The lowest BCUT2D eigenvalue weighted by Crippen LogP contribution is -2.46. The summed E-state index contributed by atoms with van der Waals surface area (Å²) in [6.07, 6.45) is 4.36. The molecular weight excluding hydrogens is 244 g/mol. The van der Waals surface area contributed by atoms with Crippen molar-refractivity contribution in [2.24, 2.45) is 17.3 Å². The summed E-state index contributed by atoms with van der Waals surface area (Å²) in [5.74, 6) is -0.449. The molecule has 3 N–H and O–H groups in total. The number of carboxylic acids is 1. The molecule has 0 aromatic heterocycles. The number of nitrogens with one attached hydrogen (secondary N) is 2. The van der Waals surface area contributed by atoms with Crippen LogP contribution in [0.4, 0.5) is 0 Å². The van der Waals surface area contributed by atoms with Gasteiger partial charge in [0.2, 0.25) is 5.91 Å². The molecule has 2 unspecified atom stereocenters. The average molecular weight is 268 g/mol. The number of carboxylic acid groups (broad SMARTS) is 1. The van der Waals surface area contributed by atoms with Crippen molar-refractivity contribution in [3.8, 4) is 0 Å². The Balaban J connectivity index is 1.91. The average Bonchev–Trinajstić information content (AvgIpc) is 2.83. The first kappa shape index (κ1) is 14.3. The van der Waals surface area contributed by atoms with E-state index in [-0.39, 0.29) is 18.4 Å². The van der Waals surface area contributed by atoms with Crippen LogP contribution in [0.1, 0.15) is 39.0 Å². The summed E-state index contributed by atoms with van der Waals surface area (Å²) in [6, 6.07) is 0. The van der Waals surface area contributed by atoms with Crippen molar-refractivity contribution >= 4 is 11.9 Å². The molecule has 2 rings (SSSR count). The summed E-state index contributed by atoms with van der Waals surface area (Å²) in [7, 11) is 0. The van der Waals surface area contributed by atoms with E-state index in [9.17, 15) is 14.7 Å². The number of carbonyl (C=O) groups is 2. The zero-order valence-electron chi connectivity index (χ0n) is 11.6. The molecule has 5 heteroatoms. The van der Waals surface area contributed by atoms with Gasteiger partial charge in [-0.05, 0) is 25.3 Å². The minimum Gasteiger partial charge on any atom is -0.481 e. The van der Waals surface area contributed by atoms with E-state index >= 15 is 0 Å². The standard InChI is InChI=1S/C14H24N2O3/c1-10-7-15-8-11(10)12(17)16-9-14(13(18)19)5-3-2-4-6-14/h10-11,15H,2-9H2,1H3,(H,16,17)(H,18,19). The highest BCUT2D eigenvalue weighted by molar-refractivity contribution is 5.81. The Hall–Kier alpha value is -1.10. The molecule has 0 spiro atoms. The van der Waals surface area contributed by atoms with Crippen LogP contribution < -0.4 is 10.6 Å². The predicted molar refractivity (Wildman–Crippen MR) is 71.7 cm³/mol. The van der Waals surface area contributed by atoms with E-state index in [4.69, 9.17) is 0 Å². The number of aliphatic carboxylic acids is 1. The molecule has 2 fully saturated rings. The number of hydrogen-bond acceptors (Lipinski definition) is 3. The first-order chi connectivity index (χ1) is 9.05.